The van der Waals surface area contributed by atoms with Crippen LogP contribution in [0.5, 0.6) is 0 Å². The van der Waals surface area contributed by atoms with Gasteiger partial charge in [0, 0.05) is 24.5 Å². The average Bonchev–Trinajstić information content (AvgIpc) is 2.75. The molecule has 0 fully saturated rings. The molecule has 0 aromatic heterocycles. The van der Waals surface area contributed by atoms with Gasteiger partial charge in [0.1, 0.15) is 18.1 Å². The molecular formula is C17H31N7O7S2. The molecule has 0 aromatic carbocycles. The van der Waals surface area contributed by atoms with E-state index in [-0.39, 0.29) is 36.9 Å². The second-order valence-electron chi connectivity index (χ2n) is 6.87. The van der Waals surface area contributed by atoms with Gasteiger partial charge in [-0.25, -0.2) is 4.79 Å². The van der Waals surface area contributed by atoms with E-state index in [1.165, 1.54) is 0 Å². The van der Waals surface area contributed by atoms with Crippen molar-refractivity contribution in [1.82, 2.24) is 16.0 Å². The number of carbonyl (C=O) groups excluding carboxylic acids is 3. The van der Waals surface area contributed by atoms with E-state index in [1.54, 1.807) is 0 Å². The minimum absolute atomic E-state index is 0.0305. The topological polar surface area (TPSA) is 252 Å². The molecular weight excluding hydrogens is 478 g/mol. The van der Waals surface area contributed by atoms with Crippen molar-refractivity contribution < 1.29 is 34.2 Å². The highest BCUT2D eigenvalue weighted by molar-refractivity contribution is 7.80. The molecule has 14 nitrogen and oxygen atoms in total. The lowest BCUT2D eigenvalue weighted by atomic mass is 10.1. The van der Waals surface area contributed by atoms with Gasteiger partial charge in [0.15, 0.2) is 5.96 Å². The summed E-state index contributed by atoms with van der Waals surface area (Å²) in [5.41, 5.74) is 16.1. The molecule has 0 spiro atoms. The van der Waals surface area contributed by atoms with Gasteiger partial charge in [-0.05, 0) is 19.3 Å². The van der Waals surface area contributed by atoms with E-state index in [2.05, 4.69) is 46.2 Å². The van der Waals surface area contributed by atoms with Crippen LogP contribution in [0.1, 0.15) is 25.7 Å². The Kier molecular flexibility index (Phi) is 14.7. The van der Waals surface area contributed by atoms with Gasteiger partial charge < -0.3 is 43.4 Å². The normalized spacial score (nSPS) is 14.2. The zero-order valence-corrected chi connectivity index (χ0v) is 19.6. The van der Waals surface area contributed by atoms with Crippen LogP contribution in [0, 0.1) is 0 Å². The van der Waals surface area contributed by atoms with Crippen molar-refractivity contribution in [3.8, 4) is 0 Å². The van der Waals surface area contributed by atoms with Crippen LogP contribution in [0.4, 0.5) is 0 Å². The Bertz CT molecular complexity index is 735. The summed E-state index contributed by atoms with van der Waals surface area (Å²) in [4.78, 5) is 63.1. The van der Waals surface area contributed by atoms with E-state index < -0.39 is 60.2 Å². The number of thiol groups is 2. The molecule has 0 aromatic rings. The number of amides is 3. The number of carboxylic acids is 2. The molecule has 3 amide bonds. The number of aliphatic imine (C=N–C) groups is 1. The Balaban J connectivity index is 5.27. The molecule has 0 aliphatic rings. The molecule has 16 heteroatoms. The summed E-state index contributed by atoms with van der Waals surface area (Å²) in [7, 11) is 0. The van der Waals surface area contributed by atoms with E-state index in [1.807, 2.05) is 0 Å². The Morgan fingerprint density at radius 2 is 1.36 bits per heavy atom. The van der Waals surface area contributed by atoms with Crippen LogP contribution >= 0.6 is 25.3 Å². The predicted molar refractivity (Wildman–Crippen MR) is 126 cm³/mol. The predicted octanol–water partition coefficient (Wildman–Crippen LogP) is -3.37. The highest BCUT2D eigenvalue weighted by Crippen LogP contribution is 2.03. The SMILES string of the molecule is NC(N)=NCCCC(NC(=O)C(N)CS)C(=O)NC(CS)C(=O)NC(CCC(=O)O)C(=O)O. The molecule has 0 bridgehead atoms. The Morgan fingerprint density at radius 3 is 1.85 bits per heavy atom. The first-order chi connectivity index (χ1) is 15.4. The molecule has 188 valence electrons. The van der Waals surface area contributed by atoms with Gasteiger partial charge in [-0.1, -0.05) is 0 Å². The van der Waals surface area contributed by atoms with Crippen molar-refractivity contribution >= 4 is 60.9 Å². The molecule has 0 saturated heterocycles. The quantitative estimate of drug-likeness (QED) is 0.0427. The smallest absolute Gasteiger partial charge is 0.326 e. The van der Waals surface area contributed by atoms with Gasteiger partial charge >= 0.3 is 11.9 Å². The van der Waals surface area contributed by atoms with Crippen molar-refractivity contribution in [3.05, 3.63) is 0 Å². The fraction of sp³-hybridized carbons (Fsp3) is 0.647. The maximum Gasteiger partial charge on any atom is 0.326 e. The summed E-state index contributed by atoms with van der Waals surface area (Å²) in [6.45, 7) is 0.182. The molecule has 0 aliphatic heterocycles. The van der Waals surface area contributed by atoms with Crippen molar-refractivity contribution in [1.29, 1.82) is 0 Å². The largest absolute Gasteiger partial charge is 0.481 e. The third-order valence-electron chi connectivity index (χ3n) is 4.19. The first kappa shape index (κ1) is 30.3. The molecule has 0 radical (unpaired) electrons. The minimum atomic E-state index is -1.48. The number of carbonyl (C=O) groups is 5. The molecule has 0 heterocycles. The van der Waals surface area contributed by atoms with Gasteiger partial charge in [0.2, 0.25) is 17.7 Å². The van der Waals surface area contributed by atoms with Gasteiger partial charge in [-0.2, -0.15) is 25.3 Å². The number of nitrogens with two attached hydrogens (primary N) is 3. The zero-order chi connectivity index (χ0) is 25.6. The monoisotopic (exact) mass is 509 g/mol. The lowest BCUT2D eigenvalue weighted by molar-refractivity contribution is -0.143. The van der Waals surface area contributed by atoms with Crippen molar-refractivity contribution in [2.24, 2.45) is 22.2 Å². The average molecular weight is 510 g/mol. The Labute approximate surface area is 201 Å². The number of aliphatic carboxylic acids is 2. The van der Waals surface area contributed by atoms with Gasteiger partial charge in [-0.15, -0.1) is 0 Å². The fourth-order valence-electron chi connectivity index (χ4n) is 2.40. The molecule has 4 unspecified atom stereocenters. The third-order valence-corrected chi connectivity index (χ3v) is 4.95. The lowest BCUT2D eigenvalue weighted by Crippen LogP contribution is -2.57. The second-order valence-corrected chi connectivity index (χ2v) is 7.60. The zero-order valence-electron chi connectivity index (χ0n) is 17.8. The van der Waals surface area contributed by atoms with E-state index in [0.717, 1.165) is 0 Å². The number of hydrogen-bond donors (Lipinski definition) is 10. The van der Waals surface area contributed by atoms with Crippen LogP contribution in [0.25, 0.3) is 0 Å². The molecule has 0 rings (SSSR count). The Morgan fingerprint density at radius 1 is 0.818 bits per heavy atom. The van der Waals surface area contributed by atoms with Gasteiger partial charge in [0.25, 0.3) is 0 Å². The van der Waals surface area contributed by atoms with Gasteiger partial charge in [0.05, 0.1) is 6.04 Å². The number of guanidine groups is 1. The standard InChI is InChI=1S/C17H31N7O7S2/c18-8(6-32)13(27)22-9(2-1-5-21-17(19)20)14(28)24-11(7-33)15(29)23-10(16(30)31)3-4-12(25)26/h8-11,32-33H,1-7,18H2,(H,22,27)(H,23,29)(H,24,28)(H,25,26)(H,30,31)(H4,19,20,21). The summed E-state index contributed by atoms with van der Waals surface area (Å²) in [6, 6.07) is -4.81. The number of rotatable bonds is 16. The van der Waals surface area contributed by atoms with Crippen LogP contribution in [-0.4, -0.2) is 88.1 Å². The molecule has 11 N–H and O–H groups in total. The summed E-state index contributed by atoms with van der Waals surface area (Å²) < 4.78 is 0. The number of nitrogens with one attached hydrogen (secondary N) is 3. The Hall–Kier alpha value is -2.72. The van der Waals surface area contributed by atoms with Crippen molar-refractivity contribution in [2.75, 3.05) is 18.1 Å². The summed E-state index contributed by atoms with van der Waals surface area (Å²) in [5.74, 6) is -5.23. The first-order valence-corrected chi connectivity index (χ1v) is 11.1. The van der Waals surface area contributed by atoms with Crippen LogP contribution in [0.2, 0.25) is 0 Å². The molecule has 0 aliphatic carbocycles. The van der Waals surface area contributed by atoms with E-state index in [0.29, 0.717) is 6.42 Å². The van der Waals surface area contributed by atoms with Crippen LogP contribution in [0.15, 0.2) is 4.99 Å². The van der Waals surface area contributed by atoms with E-state index in [4.69, 9.17) is 22.3 Å². The number of hydrogen-bond acceptors (Lipinski definition) is 9. The summed E-state index contributed by atoms with van der Waals surface area (Å²) in [6.07, 6.45) is -0.426. The summed E-state index contributed by atoms with van der Waals surface area (Å²) >= 11 is 7.94. The van der Waals surface area contributed by atoms with E-state index >= 15 is 0 Å². The highest BCUT2D eigenvalue weighted by Gasteiger charge is 2.29. The molecule has 4 atom stereocenters. The van der Waals surface area contributed by atoms with Gasteiger partial charge in [-0.3, -0.25) is 24.2 Å². The van der Waals surface area contributed by atoms with Crippen LogP contribution in [-0.2, 0) is 24.0 Å². The number of carboxylic acid groups (broad SMARTS) is 2. The first-order valence-electron chi connectivity index (χ1n) is 9.81. The van der Waals surface area contributed by atoms with Crippen LogP contribution in [0.3, 0.4) is 0 Å². The third kappa shape index (κ3) is 12.8. The number of nitrogens with zero attached hydrogens (tertiary/aromatic N) is 1. The van der Waals surface area contributed by atoms with Crippen molar-refractivity contribution in [3.63, 3.8) is 0 Å². The molecule has 33 heavy (non-hydrogen) atoms. The highest BCUT2D eigenvalue weighted by atomic mass is 32.1. The lowest BCUT2D eigenvalue weighted by Gasteiger charge is -2.24. The van der Waals surface area contributed by atoms with Crippen LogP contribution < -0.4 is 33.2 Å². The minimum Gasteiger partial charge on any atom is -0.481 e. The maximum absolute atomic E-state index is 12.7. The van der Waals surface area contributed by atoms with Crippen molar-refractivity contribution in [2.45, 2.75) is 49.9 Å². The van der Waals surface area contributed by atoms with E-state index in [9.17, 15) is 29.1 Å². The second kappa shape index (κ2) is 16.0. The molecule has 0 saturated carbocycles. The summed E-state index contributed by atoms with van der Waals surface area (Å²) in [5, 5.41) is 24.9. The fourth-order valence-corrected chi connectivity index (χ4v) is 2.82. The maximum atomic E-state index is 12.7.